The lowest BCUT2D eigenvalue weighted by molar-refractivity contribution is 0.401. The first-order valence-corrected chi connectivity index (χ1v) is 22.6. The minimum atomic E-state index is 0.0115. The summed E-state index contributed by atoms with van der Waals surface area (Å²) in [4.78, 5) is 2.40. The second-order valence-electron chi connectivity index (χ2n) is 17.3. The van der Waals surface area contributed by atoms with Crippen LogP contribution in [0.15, 0.2) is 158 Å². The van der Waals surface area contributed by atoms with E-state index in [-0.39, 0.29) is 5.41 Å². The smallest absolute Gasteiger partial charge is 0.0467 e. The van der Waals surface area contributed by atoms with Crippen molar-refractivity contribution in [1.82, 2.24) is 0 Å². The van der Waals surface area contributed by atoms with Crippen LogP contribution < -0.4 is 4.90 Å². The number of fused-ring (bicyclic) bond motifs is 4. The van der Waals surface area contributed by atoms with Crippen molar-refractivity contribution in [3.05, 3.63) is 186 Å². The Morgan fingerprint density at radius 3 is 1.49 bits per heavy atom. The van der Waals surface area contributed by atoms with Crippen LogP contribution in [0.2, 0.25) is 0 Å². The van der Waals surface area contributed by atoms with Gasteiger partial charge in [0.25, 0.3) is 0 Å². The Morgan fingerprint density at radius 1 is 0.407 bits per heavy atom. The van der Waals surface area contributed by atoms with Gasteiger partial charge in [0.2, 0.25) is 0 Å². The van der Waals surface area contributed by atoms with E-state index >= 15 is 0 Å². The molecule has 0 bridgehead atoms. The quantitative estimate of drug-likeness (QED) is 0.0885. The number of aryl methyl sites for hydroxylation is 3. The Balaban J connectivity index is 1.09. The molecule has 0 saturated carbocycles. The predicted molar refractivity (Wildman–Crippen MR) is 253 cm³/mol. The fourth-order valence-electron chi connectivity index (χ4n) is 10.00. The molecule has 0 unspecified atom stereocenters. The lowest BCUT2D eigenvalue weighted by Gasteiger charge is -2.33. The molecule has 0 amide bonds. The van der Waals surface area contributed by atoms with Crippen molar-refractivity contribution in [2.24, 2.45) is 0 Å². The van der Waals surface area contributed by atoms with Gasteiger partial charge >= 0.3 is 0 Å². The second-order valence-corrected chi connectivity index (χ2v) is 17.3. The molecule has 2 aliphatic carbocycles. The summed E-state index contributed by atoms with van der Waals surface area (Å²) in [6.07, 6.45) is 15.1. The molecule has 0 radical (unpaired) electrons. The average Bonchev–Trinajstić information content (AvgIpc) is 3.53. The molecule has 0 spiro atoms. The van der Waals surface area contributed by atoms with Crippen LogP contribution in [0.25, 0.3) is 44.5 Å². The number of benzene rings is 7. The Morgan fingerprint density at radius 2 is 0.915 bits per heavy atom. The summed E-state index contributed by atoms with van der Waals surface area (Å²) in [7, 11) is 0. The molecule has 9 rings (SSSR count). The minimum absolute atomic E-state index is 0.0115. The molecule has 0 aliphatic heterocycles. The SMILES string of the molecule is CCCCCCC1(CCCCCC)c2cc(-c3ccc(C)cc3)ccc2-c2ccc(-c3ccc(N(c4ccccc4)c4cccc(-c5ccc6c(c5)CC6)c4)cc3)cc21. The van der Waals surface area contributed by atoms with E-state index < -0.39 is 0 Å². The van der Waals surface area contributed by atoms with Crippen LogP contribution in [0.1, 0.15) is 106 Å². The number of anilines is 3. The van der Waals surface area contributed by atoms with Crippen LogP contribution in [-0.2, 0) is 18.3 Å². The van der Waals surface area contributed by atoms with Crippen molar-refractivity contribution in [1.29, 1.82) is 0 Å². The molecule has 0 aromatic heterocycles. The van der Waals surface area contributed by atoms with Crippen LogP contribution in [0.3, 0.4) is 0 Å². The number of nitrogens with zero attached hydrogens (tertiary/aromatic N) is 1. The van der Waals surface area contributed by atoms with Gasteiger partial charge in [-0.05, 0) is 148 Å². The zero-order chi connectivity index (χ0) is 40.2. The molecule has 0 fully saturated rings. The maximum absolute atomic E-state index is 2.59. The topological polar surface area (TPSA) is 3.24 Å². The van der Waals surface area contributed by atoms with Crippen LogP contribution in [0.5, 0.6) is 0 Å². The largest absolute Gasteiger partial charge is 0.310 e. The molecule has 7 aromatic rings. The number of unbranched alkanes of at least 4 members (excludes halogenated alkanes) is 6. The van der Waals surface area contributed by atoms with Gasteiger partial charge in [-0.25, -0.2) is 0 Å². The van der Waals surface area contributed by atoms with E-state index in [4.69, 9.17) is 0 Å². The van der Waals surface area contributed by atoms with Crippen molar-refractivity contribution in [2.45, 2.75) is 103 Å². The first-order chi connectivity index (χ1) is 29.0. The van der Waals surface area contributed by atoms with Crippen LogP contribution in [0, 0.1) is 6.92 Å². The molecular weight excluding hydrogens is 711 g/mol. The number of hydrogen-bond donors (Lipinski definition) is 0. The Labute approximate surface area is 353 Å². The first-order valence-electron chi connectivity index (χ1n) is 22.6. The van der Waals surface area contributed by atoms with E-state index in [9.17, 15) is 0 Å². The van der Waals surface area contributed by atoms with Crippen molar-refractivity contribution < 1.29 is 0 Å². The van der Waals surface area contributed by atoms with E-state index in [1.165, 1.54) is 144 Å². The van der Waals surface area contributed by atoms with E-state index in [0.717, 1.165) is 11.4 Å². The molecular formula is C58H59N. The van der Waals surface area contributed by atoms with Crippen molar-refractivity contribution >= 4 is 17.1 Å². The Bertz CT molecular complexity index is 2510. The standard InChI is InChI=1S/C58H59N/c1-4-6-8-13-36-58(37-14-9-7-5-2)56-40-49(43-22-20-42(3)21-23-43)30-34-54(56)55-35-31-50(41-57(55)58)45-28-32-52(33-29-45)59(51-17-11-10-12-18-51)53-19-15-16-46(39-53)48-27-25-44-24-26-47(44)38-48/h10-12,15-23,25,27-35,38-41H,4-9,13-14,24,26,36-37H2,1-3H3. The third kappa shape index (κ3) is 7.81. The summed E-state index contributed by atoms with van der Waals surface area (Å²) in [5.41, 5.74) is 21.5. The maximum atomic E-state index is 2.59. The zero-order valence-corrected chi connectivity index (χ0v) is 35.4. The fraction of sp³-hybridized carbons (Fsp3) is 0.276. The van der Waals surface area contributed by atoms with Crippen LogP contribution >= 0.6 is 0 Å². The van der Waals surface area contributed by atoms with Gasteiger partial charge in [0.1, 0.15) is 0 Å². The normalized spacial score (nSPS) is 13.3. The molecule has 7 aromatic carbocycles. The summed E-state index contributed by atoms with van der Waals surface area (Å²) < 4.78 is 0. The van der Waals surface area contributed by atoms with E-state index in [2.05, 4.69) is 183 Å². The molecule has 0 N–H and O–H groups in total. The molecule has 0 saturated heterocycles. The van der Waals surface area contributed by atoms with Gasteiger partial charge in [-0.15, -0.1) is 0 Å². The highest BCUT2D eigenvalue weighted by atomic mass is 15.1. The molecule has 0 atom stereocenters. The summed E-state index contributed by atoms with van der Waals surface area (Å²) >= 11 is 0. The highest BCUT2D eigenvalue weighted by molar-refractivity contribution is 5.87. The van der Waals surface area contributed by atoms with E-state index in [0.29, 0.717) is 0 Å². The summed E-state index contributed by atoms with van der Waals surface area (Å²) in [5, 5.41) is 0. The van der Waals surface area contributed by atoms with Gasteiger partial charge in [-0.2, -0.15) is 0 Å². The fourth-order valence-corrected chi connectivity index (χ4v) is 10.00. The number of para-hydroxylation sites is 1. The molecule has 0 heterocycles. The van der Waals surface area contributed by atoms with Crippen molar-refractivity contribution in [3.63, 3.8) is 0 Å². The highest BCUT2D eigenvalue weighted by Gasteiger charge is 2.42. The third-order valence-electron chi connectivity index (χ3n) is 13.4. The second kappa shape index (κ2) is 17.3. The average molecular weight is 770 g/mol. The monoisotopic (exact) mass is 769 g/mol. The maximum Gasteiger partial charge on any atom is 0.0467 e. The highest BCUT2D eigenvalue weighted by Crippen LogP contribution is 2.56. The van der Waals surface area contributed by atoms with Crippen LogP contribution in [-0.4, -0.2) is 0 Å². The third-order valence-corrected chi connectivity index (χ3v) is 13.4. The summed E-state index contributed by atoms with van der Waals surface area (Å²) in [6, 6.07) is 60.1. The molecule has 1 heteroatoms. The summed E-state index contributed by atoms with van der Waals surface area (Å²) in [5.74, 6) is 0. The van der Waals surface area contributed by atoms with E-state index in [1.54, 1.807) is 11.1 Å². The summed E-state index contributed by atoms with van der Waals surface area (Å²) in [6.45, 7) is 6.84. The first kappa shape index (κ1) is 38.8. The van der Waals surface area contributed by atoms with Crippen LogP contribution in [0.4, 0.5) is 17.1 Å². The van der Waals surface area contributed by atoms with Gasteiger partial charge in [0, 0.05) is 22.5 Å². The van der Waals surface area contributed by atoms with Gasteiger partial charge in [0.15, 0.2) is 0 Å². The van der Waals surface area contributed by atoms with Gasteiger partial charge < -0.3 is 4.90 Å². The number of hydrogen-bond acceptors (Lipinski definition) is 1. The van der Waals surface area contributed by atoms with Gasteiger partial charge in [-0.1, -0.05) is 180 Å². The predicted octanol–water partition coefficient (Wildman–Crippen LogP) is 16.8. The zero-order valence-electron chi connectivity index (χ0n) is 35.4. The lowest BCUT2D eigenvalue weighted by atomic mass is 9.70. The van der Waals surface area contributed by atoms with Gasteiger partial charge in [0.05, 0.1) is 0 Å². The van der Waals surface area contributed by atoms with Gasteiger partial charge in [-0.3, -0.25) is 0 Å². The molecule has 1 nitrogen and oxygen atoms in total. The lowest BCUT2D eigenvalue weighted by Crippen LogP contribution is -2.25. The Hall–Kier alpha value is -5.66. The Kier molecular flexibility index (Phi) is 11.4. The molecule has 59 heavy (non-hydrogen) atoms. The minimum Gasteiger partial charge on any atom is -0.310 e. The van der Waals surface area contributed by atoms with E-state index in [1.807, 2.05) is 0 Å². The molecule has 2 aliphatic rings. The van der Waals surface area contributed by atoms with Crippen molar-refractivity contribution in [2.75, 3.05) is 4.90 Å². The van der Waals surface area contributed by atoms with Crippen molar-refractivity contribution in [3.8, 4) is 44.5 Å². The number of rotatable bonds is 16. The molecule has 296 valence electrons.